The van der Waals surface area contributed by atoms with Crippen molar-refractivity contribution in [2.24, 2.45) is 5.92 Å². The maximum Gasteiger partial charge on any atom is 0.500 e. The molecule has 9 nitrogen and oxygen atoms in total. The molecule has 0 spiro atoms. The second-order valence-corrected chi connectivity index (χ2v) is 11.4. The fourth-order valence-corrected chi connectivity index (χ4v) is 6.24. The molecule has 0 aliphatic heterocycles. The van der Waals surface area contributed by atoms with E-state index >= 15 is 0 Å². The fraction of sp³-hybridized carbons (Fsp3) is 0.640. The zero-order chi connectivity index (χ0) is 26.5. The van der Waals surface area contributed by atoms with Crippen LogP contribution in [-0.4, -0.2) is 68.8 Å². The van der Waals surface area contributed by atoms with Crippen molar-refractivity contribution in [2.75, 3.05) is 26.4 Å². The molecule has 35 heavy (non-hydrogen) atoms. The molecular weight excluding hydrogens is 472 g/mol. The Balaban J connectivity index is 2.54. The molecule has 1 rings (SSSR count). The van der Waals surface area contributed by atoms with E-state index < -0.39 is 32.3 Å². The normalized spacial score (nSPS) is 12.9. The Morgan fingerprint density at radius 1 is 0.971 bits per heavy atom. The molecule has 10 heteroatoms. The van der Waals surface area contributed by atoms with Crippen molar-refractivity contribution in [2.45, 2.75) is 71.9 Å². The van der Waals surface area contributed by atoms with Crippen LogP contribution in [-0.2, 0) is 34.0 Å². The van der Waals surface area contributed by atoms with Gasteiger partial charge >= 0.3 is 20.7 Å². The molecule has 0 bridgehead atoms. The third-order valence-electron chi connectivity index (χ3n) is 5.32. The minimum atomic E-state index is -2.86. The predicted octanol–water partition coefficient (Wildman–Crippen LogP) is 3.65. The molecule has 0 heterocycles. The van der Waals surface area contributed by atoms with Crippen LogP contribution >= 0.6 is 0 Å². The summed E-state index contributed by atoms with van der Waals surface area (Å²) >= 11 is 0. The second-order valence-electron chi connectivity index (χ2n) is 8.67. The van der Waals surface area contributed by atoms with E-state index in [1.807, 2.05) is 20.8 Å². The number of carboxylic acids is 1. The molecule has 0 amide bonds. The third kappa shape index (κ3) is 11.0. The number of hydrogen-bond acceptors (Lipinski definition) is 8. The van der Waals surface area contributed by atoms with Crippen LogP contribution in [0.2, 0.25) is 6.04 Å². The standard InChI is InChI=1S/C25H40O9Si/c1-6-32-35(33-7-2,34-8-3)17-9-10-21(24(28)29)18-22(26)31-16-15-19-11-13-20(14-12-19)23(27)25(4,5)30/h11-14,21,30H,6-10,15-18H2,1-5H3,(H,28,29). The number of benzene rings is 1. The first-order valence-corrected chi connectivity index (χ1v) is 14.1. The van der Waals surface area contributed by atoms with Crippen LogP contribution < -0.4 is 0 Å². The van der Waals surface area contributed by atoms with Gasteiger partial charge in [-0.2, -0.15) is 0 Å². The number of aliphatic hydroxyl groups is 1. The zero-order valence-corrected chi connectivity index (χ0v) is 22.5. The number of ketones is 1. The summed E-state index contributed by atoms with van der Waals surface area (Å²) in [6.07, 6.45) is 0.974. The lowest BCUT2D eigenvalue weighted by molar-refractivity contribution is -0.151. The Hall–Kier alpha value is -2.11. The van der Waals surface area contributed by atoms with Crippen molar-refractivity contribution in [1.82, 2.24) is 0 Å². The van der Waals surface area contributed by atoms with E-state index in [4.69, 9.17) is 18.0 Å². The van der Waals surface area contributed by atoms with Gasteiger partial charge in [0.2, 0.25) is 0 Å². The summed E-state index contributed by atoms with van der Waals surface area (Å²) in [7, 11) is -2.86. The predicted molar refractivity (Wildman–Crippen MR) is 132 cm³/mol. The average Bonchev–Trinajstić information content (AvgIpc) is 2.78. The Bertz CT molecular complexity index is 785. The molecule has 2 N–H and O–H groups in total. The highest BCUT2D eigenvalue weighted by molar-refractivity contribution is 6.60. The number of ether oxygens (including phenoxy) is 1. The molecule has 0 aromatic heterocycles. The summed E-state index contributed by atoms with van der Waals surface area (Å²) in [5.74, 6) is -2.87. The Morgan fingerprint density at radius 2 is 1.51 bits per heavy atom. The topological polar surface area (TPSA) is 129 Å². The van der Waals surface area contributed by atoms with Gasteiger partial charge in [0.15, 0.2) is 5.78 Å². The van der Waals surface area contributed by atoms with Crippen LogP contribution in [0.15, 0.2) is 24.3 Å². The minimum Gasteiger partial charge on any atom is -0.481 e. The van der Waals surface area contributed by atoms with E-state index in [1.54, 1.807) is 24.3 Å². The van der Waals surface area contributed by atoms with Crippen LogP contribution in [0.1, 0.15) is 69.8 Å². The number of hydrogen-bond donors (Lipinski definition) is 2. The summed E-state index contributed by atoms with van der Waals surface area (Å²) in [6, 6.07) is 7.19. The van der Waals surface area contributed by atoms with Gasteiger partial charge in [-0.3, -0.25) is 14.4 Å². The molecule has 0 saturated heterocycles. The van der Waals surface area contributed by atoms with Crippen molar-refractivity contribution in [3.63, 3.8) is 0 Å². The molecule has 1 unspecified atom stereocenters. The molecular formula is C25H40O9Si. The number of carbonyl (C=O) groups excluding carboxylic acids is 2. The lowest BCUT2D eigenvalue weighted by Gasteiger charge is -2.28. The lowest BCUT2D eigenvalue weighted by Crippen LogP contribution is -2.46. The van der Waals surface area contributed by atoms with Gasteiger partial charge in [-0.05, 0) is 53.0 Å². The monoisotopic (exact) mass is 512 g/mol. The van der Waals surface area contributed by atoms with Gasteiger partial charge < -0.3 is 28.2 Å². The molecule has 1 aromatic rings. The van der Waals surface area contributed by atoms with Gasteiger partial charge in [0.25, 0.3) is 0 Å². The number of rotatable bonds is 18. The van der Waals surface area contributed by atoms with Gasteiger partial charge in [0.1, 0.15) is 5.60 Å². The van der Waals surface area contributed by atoms with E-state index in [0.29, 0.717) is 44.3 Å². The van der Waals surface area contributed by atoms with Gasteiger partial charge in [-0.1, -0.05) is 24.3 Å². The van der Waals surface area contributed by atoms with Gasteiger partial charge in [-0.25, -0.2) is 0 Å². The lowest BCUT2D eigenvalue weighted by atomic mass is 9.96. The average molecular weight is 513 g/mol. The highest BCUT2D eigenvalue weighted by Gasteiger charge is 2.40. The molecule has 0 fully saturated rings. The van der Waals surface area contributed by atoms with E-state index in [0.717, 1.165) is 5.56 Å². The van der Waals surface area contributed by atoms with Crippen LogP contribution in [0.25, 0.3) is 0 Å². The van der Waals surface area contributed by atoms with Crippen molar-refractivity contribution < 1.29 is 42.6 Å². The summed E-state index contributed by atoms with van der Waals surface area (Å²) in [5, 5.41) is 19.4. The summed E-state index contributed by atoms with van der Waals surface area (Å²) in [6.45, 7) is 9.88. The van der Waals surface area contributed by atoms with Crippen molar-refractivity contribution in [3.05, 3.63) is 35.4 Å². The Kier molecular flexibility index (Phi) is 13.3. The molecule has 0 aliphatic rings. The molecule has 0 radical (unpaired) electrons. The van der Waals surface area contributed by atoms with E-state index in [-0.39, 0.29) is 25.2 Å². The Morgan fingerprint density at radius 3 is 1.97 bits per heavy atom. The summed E-state index contributed by atoms with van der Waals surface area (Å²) in [4.78, 5) is 36.0. The van der Waals surface area contributed by atoms with Gasteiger partial charge in [-0.15, -0.1) is 0 Å². The Labute approximate surface area is 209 Å². The maximum absolute atomic E-state index is 12.2. The largest absolute Gasteiger partial charge is 0.500 e. The number of aliphatic carboxylic acids is 1. The van der Waals surface area contributed by atoms with E-state index in [9.17, 15) is 24.6 Å². The fourth-order valence-electron chi connectivity index (χ4n) is 3.60. The summed E-state index contributed by atoms with van der Waals surface area (Å²) < 4.78 is 22.6. The third-order valence-corrected chi connectivity index (χ3v) is 8.47. The first kappa shape index (κ1) is 30.9. The first-order valence-electron chi connectivity index (χ1n) is 12.1. The zero-order valence-electron chi connectivity index (χ0n) is 21.5. The van der Waals surface area contributed by atoms with Gasteiger partial charge in [0, 0.05) is 37.8 Å². The van der Waals surface area contributed by atoms with Crippen LogP contribution in [0, 0.1) is 5.92 Å². The van der Waals surface area contributed by atoms with Crippen molar-refractivity contribution in [3.8, 4) is 0 Å². The molecule has 0 saturated carbocycles. The van der Waals surface area contributed by atoms with Crippen molar-refractivity contribution in [1.29, 1.82) is 0 Å². The highest BCUT2D eigenvalue weighted by Crippen LogP contribution is 2.23. The molecule has 1 atom stereocenters. The van der Waals surface area contributed by atoms with Crippen LogP contribution in [0.5, 0.6) is 0 Å². The number of Topliss-reactive ketones (excluding diaryl/α,β-unsaturated/α-hetero) is 1. The first-order chi connectivity index (χ1) is 16.5. The molecule has 198 valence electrons. The minimum absolute atomic E-state index is 0.0962. The number of carbonyl (C=O) groups is 3. The number of carboxylic acid groups (broad SMARTS) is 1. The van der Waals surface area contributed by atoms with Gasteiger partial charge in [0.05, 0.1) is 18.9 Å². The quantitative estimate of drug-likeness (QED) is 0.172. The second kappa shape index (κ2) is 15.1. The van der Waals surface area contributed by atoms with Crippen LogP contribution in [0.3, 0.4) is 0 Å². The smallest absolute Gasteiger partial charge is 0.481 e. The number of esters is 1. The van der Waals surface area contributed by atoms with E-state index in [2.05, 4.69) is 0 Å². The molecule has 1 aromatic carbocycles. The maximum atomic E-state index is 12.2. The van der Waals surface area contributed by atoms with E-state index in [1.165, 1.54) is 13.8 Å². The molecule has 0 aliphatic carbocycles. The van der Waals surface area contributed by atoms with Crippen molar-refractivity contribution >= 4 is 26.5 Å². The highest BCUT2D eigenvalue weighted by atomic mass is 28.4. The summed E-state index contributed by atoms with van der Waals surface area (Å²) in [5.41, 5.74) is -0.201. The van der Waals surface area contributed by atoms with Crippen LogP contribution in [0.4, 0.5) is 0 Å². The SMILES string of the molecule is CCO[Si](CCCC(CC(=O)OCCc1ccc(C(=O)C(C)(C)O)cc1)C(=O)O)(OCC)OCC.